The lowest BCUT2D eigenvalue weighted by atomic mass is 9.90. The number of rotatable bonds is 7. The summed E-state index contributed by atoms with van der Waals surface area (Å²) in [6.07, 6.45) is -1.47. The monoisotopic (exact) mass is 403 g/mol. The number of aliphatic hydroxyl groups excluding tert-OH is 1. The topological polar surface area (TPSA) is 66.8 Å². The molecule has 1 unspecified atom stereocenters. The molecule has 0 heterocycles. The number of nitrogens with zero attached hydrogens (tertiary/aromatic N) is 1. The zero-order valence-corrected chi connectivity index (χ0v) is 17.5. The number of methoxy groups -OCH3 is 1. The number of aliphatic hydroxyl groups is 1. The highest BCUT2D eigenvalue weighted by Gasteiger charge is 2.27. The summed E-state index contributed by atoms with van der Waals surface area (Å²) >= 11 is 0. The van der Waals surface area contributed by atoms with Crippen molar-refractivity contribution in [3.05, 3.63) is 94.5 Å². The lowest BCUT2D eigenvalue weighted by molar-refractivity contribution is 0.0745. The highest BCUT2D eigenvalue weighted by molar-refractivity contribution is 6.13. The van der Waals surface area contributed by atoms with Gasteiger partial charge in [0.2, 0.25) is 0 Å². The number of anilines is 1. The molecule has 0 bridgehead atoms. The van der Waals surface area contributed by atoms with Gasteiger partial charge in [0.25, 0.3) is 0 Å². The summed E-state index contributed by atoms with van der Waals surface area (Å²) < 4.78 is 5.39. The Bertz CT molecular complexity index is 1070. The summed E-state index contributed by atoms with van der Waals surface area (Å²) in [7, 11) is 5.22. The molecule has 0 spiro atoms. The predicted octanol–water partition coefficient (Wildman–Crippen LogP) is 4.22. The van der Waals surface area contributed by atoms with Crippen LogP contribution in [-0.4, -0.2) is 37.9 Å². The van der Waals surface area contributed by atoms with Crippen molar-refractivity contribution in [1.82, 2.24) is 0 Å². The van der Waals surface area contributed by atoms with Crippen LogP contribution < -0.4 is 9.64 Å². The molecule has 3 aromatic carbocycles. The van der Waals surface area contributed by atoms with Crippen molar-refractivity contribution in [3.63, 3.8) is 0 Å². The van der Waals surface area contributed by atoms with Crippen LogP contribution in [0, 0.1) is 6.92 Å². The molecule has 0 fully saturated rings. The van der Waals surface area contributed by atoms with Gasteiger partial charge in [-0.2, -0.15) is 0 Å². The maximum absolute atomic E-state index is 13.4. The van der Waals surface area contributed by atoms with Crippen LogP contribution in [0.15, 0.2) is 66.7 Å². The fourth-order valence-electron chi connectivity index (χ4n) is 3.29. The SMILES string of the molecule is COc1cc(C)ccc1C(=O)c1ccc(N(C)C)cc1C(O)C(=O)c1ccccc1. The molecule has 0 aliphatic rings. The first kappa shape index (κ1) is 21.3. The molecule has 0 aromatic heterocycles. The van der Waals surface area contributed by atoms with Crippen LogP contribution in [0.1, 0.15) is 43.5 Å². The standard InChI is InChI=1S/C25H25NO4/c1-16-10-12-20(22(14-16)30-4)24(28)19-13-11-18(26(2)3)15-21(19)25(29)23(27)17-8-6-5-7-9-17/h5-15,25,29H,1-4H3. The van der Waals surface area contributed by atoms with Crippen molar-refractivity contribution < 1.29 is 19.4 Å². The van der Waals surface area contributed by atoms with Crippen molar-refractivity contribution >= 4 is 17.3 Å². The number of aryl methyl sites for hydroxylation is 1. The van der Waals surface area contributed by atoms with Crippen LogP contribution in [0.5, 0.6) is 5.75 Å². The molecular weight excluding hydrogens is 378 g/mol. The molecule has 0 amide bonds. The lowest BCUT2D eigenvalue weighted by Crippen LogP contribution is -2.18. The van der Waals surface area contributed by atoms with E-state index < -0.39 is 11.9 Å². The van der Waals surface area contributed by atoms with Gasteiger partial charge in [0.05, 0.1) is 12.7 Å². The molecule has 0 aliphatic carbocycles. The summed E-state index contributed by atoms with van der Waals surface area (Å²) in [6, 6.07) is 19.0. The molecule has 154 valence electrons. The molecule has 5 heteroatoms. The highest BCUT2D eigenvalue weighted by atomic mass is 16.5. The second kappa shape index (κ2) is 8.93. The Morgan fingerprint density at radius 3 is 2.23 bits per heavy atom. The number of ketones is 2. The van der Waals surface area contributed by atoms with E-state index in [1.807, 2.05) is 32.0 Å². The number of Topliss-reactive ketones (excluding diaryl/α,β-unsaturated/α-hetero) is 1. The summed E-state index contributed by atoms with van der Waals surface area (Å²) in [5.74, 6) is -0.324. The minimum atomic E-state index is -1.47. The van der Waals surface area contributed by atoms with Crippen LogP contribution in [-0.2, 0) is 0 Å². The maximum Gasteiger partial charge on any atom is 0.197 e. The summed E-state index contributed by atoms with van der Waals surface area (Å²) in [4.78, 5) is 28.1. The average molecular weight is 403 g/mol. The molecule has 3 aromatic rings. The van der Waals surface area contributed by atoms with Crippen LogP contribution >= 0.6 is 0 Å². The Morgan fingerprint density at radius 2 is 1.60 bits per heavy atom. The van der Waals surface area contributed by atoms with Gasteiger partial charge in [0.1, 0.15) is 11.9 Å². The van der Waals surface area contributed by atoms with Crippen LogP contribution in [0.3, 0.4) is 0 Å². The average Bonchev–Trinajstić information content (AvgIpc) is 2.77. The van der Waals surface area contributed by atoms with E-state index in [9.17, 15) is 14.7 Å². The highest BCUT2D eigenvalue weighted by Crippen LogP contribution is 2.30. The second-order valence-corrected chi connectivity index (χ2v) is 7.33. The summed E-state index contributed by atoms with van der Waals surface area (Å²) in [5.41, 5.74) is 3.03. The van der Waals surface area contributed by atoms with Crippen LogP contribution in [0.4, 0.5) is 5.69 Å². The number of carbonyl (C=O) groups excluding carboxylic acids is 2. The van der Waals surface area contributed by atoms with Crippen molar-refractivity contribution in [2.45, 2.75) is 13.0 Å². The Labute approximate surface area is 176 Å². The zero-order valence-electron chi connectivity index (χ0n) is 17.5. The Kier molecular flexibility index (Phi) is 6.33. The van der Waals surface area contributed by atoms with Gasteiger partial charge in [-0.05, 0) is 42.8 Å². The zero-order chi connectivity index (χ0) is 21.8. The van der Waals surface area contributed by atoms with Gasteiger partial charge in [0, 0.05) is 36.5 Å². The first-order chi connectivity index (χ1) is 14.3. The molecule has 0 radical (unpaired) electrons. The lowest BCUT2D eigenvalue weighted by Gasteiger charge is -2.20. The number of hydrogen-bond acceptors (Lipinski definition) is 5. The van der Waals surface area contributed by atoms with E-state index in [0.29, 0.717) is 16.9 Å². The number of carbonyl (C=O) groups is 2. The van der Waals surface area contributed by atoms with Gasteiger partial charge in [-0.25, -0.2) is 0 Å². The predicted molar refractivity (Wildman–Crippen MR) is 118 cm³/mol. The largest absolute Gasteiger partial charge is 0.496 e. The quantitative estimate of drug-likeness (QED) is 0.599. The smallest absolute Gasteiger partial charge is 0.197 e. The van der Waals surface area contributed by atoms with Crippen molar-refractivity contribution in [2.24, 2.45) is 0 Å². The molecule has 0 saturated carbocycles. The molecule has 0 aliphatic heterocycles. The van der Waals surface area contributed by atoms with Gasteiger partial charge in [-0.15, -0.1) is 0 Å². The fraction of sp³-hybridized carbons (Fsp3) is 0.200. The number of benzene rings is 3. The fourth-order valence-corrected chi connectivity index (χ4v) is 3.29. The van der Waals surface area contributed by atoms with E-state index in [2.05, 4.69) is 0 Å². The number of ether oxygens (including phenoxy) is 1. The normalized spacial score (nSPS) is 11.6. The molecule has 3 rings (SSSR count). The van der Waals surface area contributed by atoms with Crippen molar-refractivity contribution in [1.29, 1.82) is 0 Å². The maximum atomic E-state index is 13.4. The minimum absolute atomic E-state index is 0.263. The van der Waals surface area contributed by atoms with Crippen LogP contribution in [0.25, 0.3) is 0 Å². The first-order valence-corrected chi connectivity index (χ1v) is 9.61. The number of hydrogen-bond donors (Lipinski definition) is 1. The molecule has 0 saturated heterocycles. The van der Waals surface area contributed by atoms with Gasteiger partial charge in [0.15, 0.2) is 11.6 Å². The Morgan fingerprint density at radius 1 is 0.933 bits per heavy atom. The van der Waals surface area contributed by atoms with E-state index in [1.165, 1.54) is 7.11 Å². The van der Waals surface area contributed by atoms with E-state index in [0.717, 1.165) is 11.3 Å². The van der Waals surface area contributed by atoms with E-state index in [4.69, 9.17) is 4.74 Å². The summed E-state index contributed by atoms with van der Waals surface area (Å²) in [5, 5.41) is 10.9. The first-order valence-electron chi connectivity index (χ1n) is 9.61. The molecule has 1 atom stereocenters. The molecule has 30 heavy (non-hydrogen) atoms. The Balaban J connectivity index is 2.11. The molecule has 5 nitrogen and oxygen atoms in total. The molecular formula is C25H25NO4. The second-order valence-electron chi connectivity index (χ2n) is 7.33. The third kappa shape index (κ3) is 4.26. The molecule has 1 N–H and O–H groups in total. The van der Waals surface area contributed by atoms with E-state index in [-0.39, 0.29) is 16.9 Å². The summed E-state index contributed by atoms with van der Waals surface area (Å²) in [6.45, 7) is 1.91. The Hall–Kier alpha value is -3.44. The van der Waals surface area contributed by atoms with Gasteiger partial charge in [-0.3, -0.25) is 9.59 Å². The van der Waals surface area contributed by atoms with E-state index in [1.54, 1.807) is 60.7 Å². The van der Waals surface area contributed by atoms with Gasteiger partial charge < -0.3 is 14.7 Å². The third-order valence-electron chi connectivity index (χ3n) is 5.00. The van der Waals surface area contributed by atoms with Gasteiger partial charge >= 0.3 is 0 Å². The van der Waals surface area contributed by atoms with Crippen LogP contribution in [0.2, 0.25) is 0 Å². The minimum Gasteiger partial charge on any atom is -0.496 e. The van der Waals surface area contributed by atoms with Crippen molar-refractivity contribution in [3.8, 4) is 5.75 Å². The van der Waals surface area contributed by atoms with Crippen molar-refractivity contribution in [2.75, 3.05) is 26.1 Å². The van der Waals surface area contributed by atoms with E-state index >= 15 is 0 Å². The third-order valence-corrected chi connectivity index (χ3v) is 5.00. The van der Waals surface area contributed by atoms with Gasteiger partial charge in [-0.1, -0.05) is 36.4 Å².